The van der Waals surface area contributed by atoms with Gasteiger partial charge in [0.25, 0.3) is 0 Å². The maximum Gasteiger partial charge on any atom is 0.102 e. The van der Waals surface area contributed by atoms with E-state index in [1.807, 2.05) is 0 Å². The molecule has 0 aromatic rings. The molecule has 0 aliphatic heterocycles. The topological polar surface area (TPSA) is 0 Å². The van der Waals surface area contributed by atoms with Crippen molar-refractivity contribution < 1.29 is 0 Å². The summed E-state index contributed by atoms with van der Waals surface area (Å²) in [6, 6.07) is 0. The molecular formula is C12H26S. The SMILES string of the molecule is [2H]SCCCCCCCCCCCC. The molecule has 0 aromatic heterocycles. The molecule has 0 nitrogen and oxygen atoms in total. The highest BCUT2D eigenvalue weighted by Gasteiger charge is 1.91. The summed E-state index contributed by atoms with van der Waals surface area (Å²) in [6.45, 7) is 2.27. The molecule has 0 saturated carbocycles. The molecule has 0 heterocycles. The zero-order chi connectivity index (χ0) is 10.5. The lowest BCUT2D eigenvalue weighted by atomic mass is 10.1. The third-order valence-corrected chi connectivity index (χ3v) is 2.79. The monoisotopic (exact) mass is 203 g/mol. The van der Waals surface area contributed by atoms with E-state index in [2.05, 4.69) is 6.92 Å². The number of rotatable bonds is 11. The highest BCUT2D eigenvalue weighted by atomic mass is 32.1. The first-order valence-electron chi connectivity index (χ1n) is 6.40. The highest BCUT2D eigenvalue weighted by Crippen LogP contribution is 2.10. The highest BCUT2D eigenvalue weighted by molar-refractivity contribution is 7.80. The summed E-state index contributed by atoms with van der Waals surface area (Å²) in [7, 11) is 0. The van der Waals surface area contributed by atoms with Gasteiger partial charge in [0.1, 0.15) is 1.12 Å². The fraction of sp³-hybridized carbons (Fsp3) is 1.00. The Morgan fingerprint density at radius 1 is 0.769 bits per heavy atom. The molecule has 0 rings (SSSR count). The van der Waals surface area contributed by atoms with E-state index in [1.54, 1.807) is 0 Å². The summed E-state index contributed by atoms with van der Waals surface area (Å²) in [5, 5.41) is 0. The molecule has 0 fully saturated rings. The molecular weight excluding hydrogens is 176 g/mol. The van der Waals surface area contributed by atoms with Crippen molar-refractivity contribution in [3.8, 4) is 0 Å². The van der Waals surface area contributed by atoms with Gasteiger partial charge in [0.15, 0.2) is 0 Å². The molecule has 0 radical (unpaired) electrons. The summed E-state index contributed by atoms with van der Waals surface area (Å²) in [5.74, 6) is 1.02. The predicted octanol–water partition coefficient (Wildman–Crippen LogP) is 4.84. The number of hydrogen-bond acceptors (Lipinski definition) is 1. The molecule has 0 amide bonds. The van der Waals surface area contributed by atoms with E-state index in [0.29, 0.717) is 0 Å². The van der Waals surface area contributed by atoms with E-state index in [-0.39, 0.29) is 0 Å². The molecule has 80 valence electrons. The van der Waals surface area contributed by atoms with Gasteiger partial charge in [-0.25, -0.2) is 0 Å². The second-order valence-electron chi connectivity index (χ2n) is 3.89. The zero-order valence-electron chi connectivity index (χ0n) is 10.2. The number of thiol groups is 1. The van der Waals surface area contributed by atoms with Gasteiger partial charge >= 0.3 is 0 Å². The third kappa shape index (κ3) is 12.4. The lowest BCUT2D eigenvalue weighted by Crippen LogP contribution is -1.81. The average molecular weight is 203 g/mol. The van der Waals surface area contributed by atoms with E-state index in [0.717, 1.165) is 5.75 Å². The molecule has 1 heteroatoms. The lowest BCUT2D eigenvalue weighted by Gasteiger charge is -2.00. The first-order valence-corrected chi connectivity index (χ1v) is 6.57. The van der Waals surface area contributed by atoms with E-state index in [4.69, 9.17) is 1.12 Å². The van der Waals surface area contributed by atoms with E-state index in [1.165, 1.54) is 76.7 Å². The minimum Gasteiger partial charge on any atom is -0.179 e. The van der Waals surface area contributed by atoms with E-state index in [9.17, 15) is 0 Å². The van der Waals surface area contributed by atoms with Gasteiger partial charge in [-0.3, -0.25) is 0 Å². The van der Waals surface area contributed by atoms with Crippen LogP contribution in [-0.4, -0.2) is 6.88 Å². The zero-order valence-corrected chi connectivity index (χ0v) is 10.0. The van der Waals surface area contributed by atoms with Crippen molar-refractivity contribution >= 4 is 12.5 Å². The van der Waals surface area contributed by atoms with E-state index < -0.39 is 0 Å². The van der Waals surface area contributed by atoms with Gasteiger partial charge in [-0.05, 0) is 12.2 Å². The van der Waals surface area contributed by atoms with Crippen molar-refractivity contribution in [2.75, 3.05) is 5.75 Å². The minimum absolute atomic E-state index is 1.02. The Labute approximate surface area is 91.0 Å². The average Bonchev–Trinajstić information content (AvgIpc) is 2.21. The molecule has 13 heavy (non-hydrogen) atoms. The van der Waals surface area contributed by atoms with Gasteiger partial charge in [-0.15, -0.1) is 0 Å². The van der Waals surface area contributed by atoms with Crippen LogP contribution in [0.3, 0.4) is 0 Å². The lowest BCUT2D eigenvalue weighted by molar-refractivity contribution is 0.563. The van der Waals surface area contributed by atoms with Gasteiger partial charge in [-0.2, -0.15) is 12.5 Å². The van der Waals surface area contributed by atoms with Crippen LogP contribution in [0.15, 0.2) is 0 Å². The van der Waals surface area contributed by atoms with Crippen LogP contribution in [0.1, 0.15) is 71.1 Å². The van der Waals surface area contributed by atoms with Crippen LogP contribution in [0.2, 0.25) is 0 Å². The van der Waals surface area contributed by atoms with Gasteiger partial charge < -0.3 is 0 Å². The van der Waals surface area contributed by atoms with Gasteiger partial charge in [0.05, 0.1) is 0 Å². The van der Waals surface area contributed by atoms with Crippen molar-refractivity contribution in [1.82, 2.24) is 0 Å². The summed E-state index contributed by atoms with van der Waals surface area (Å²) >= 11 is 1.23. The summed E-state index contributed by atoms with van der Waals surface area (Å²) < 4.78 is 6.93. The first-order chi connectivity index (χ1) is 6.91. The quantitative estimate of drug-likeness (QED) is 0.360. The molecule has 0 unspecified atom stereocenters. The van der Waals surface area contributed by atoms with Crippen LogP contribution < -0.4 is 0 Å². The second kappa shape index (κ2) is 12.3. The van der Waals surface area contributed by atoms with Crippen LogP contribution in [-0.2, 0) is 0 Å². The minimum atomic E-state index is 1.02. The van der Waals surface area contributed by atoms with Crippen molar-refractivity contribution in [2.24, 2.45) is 0 Å². The van der Waals surface area contributed by atoms with E-state index >= 15 is 0 Å². The smallest absolute Gasteiger partial charge is 0.102 e. The van der Waals surface area contributed by atoms with Crippen molar-refractivity contribution in [2.45, 2.75) is 71.1 Å². The molecule has 0 aliphatic rings. The van der Waals surface area contributed by atoms with Crippen LogP contribution >= 0.6 is 12.5 Å². The summed E-state index contributed by atoms with van der Waals surface area (Å²) in [5.41, 5.74) is 0. The summed E-state index contributed by atoms with van der Waals surface area (Å²) in [4.78, 5) is 0. The number of hydrogen-bond donors (Lipinski definition) is 1. The predicted molar refractivity (Wildman–Crippen MR) is 65.7 cm³/mol. The molecule has 0 spiro atoms. The fourth-order valence-electron chi connectivity index (χ4n) is 1.59. The number of unbranched alkanes of at least 4 members (excludes halogenated alkanes) is 9. The Morgan fingerprint density at radius 3 is 1.69 bits per heavy atom. The largest absolute Gasteiger partial charge is 0.179 e. The molecule has 0 bridgehead atoms. The van der Waals surface area contributed by atoms with Gasteiger partial charge in [0.2, 0.25) is 0 Å². The molecule has 0 aromatic carbocycles. The maximum absolute atomic E-state index is 6.93. The van der Waals surface area contributed by atoms with Crippen molar-refractivity contribution in [1.29, 1.82) is 1.12 Å². The Morgan fingerprint density at radius 2 is 1.23 bits per heavy atom. The standard InChI is InChI=1S/C12H26S/c1-2-3-4-5-6-7-8-9-10-11-12-13/h13H,2-12H2,1H3/i/hD. The molecule has 0 atom stereocenters. The Kier molecular flexibility index (Phi) is 10.9. The normalized spacial score (nSPS) is 11.6. The van der Waals surface area contributed by atoms with Crippen LogP contribution in [0.25, 0.3) is 0 Å². The van der Waals surface area contributed by atoms with Crippen LogP contribution in [0, 0.1) is 0 Å². The van der Waals surface area contributed by atoms with Crippen molar-refractivity contribution in [3.05, 3.63) is 0 Å². The summed E-state index contributed by atoms with van der Waals surface area (Å²) in [6.07, 6.45) is 13.9. The molecule has 0 aliphatic carbocycles. The first kappa shape index (κ1) is 11.4. The van der Waals surface area contributed by atoms with Crippen molar-refractivity contribution in [3.63, 3.8) is 0 Å². The molecule has 0 saturated heterocycles. The maximum atomic E-state index is 6.93. The molecule has 0 N–H and O–H groups in total. The van der Waals surface area contributed by atoms with Crippen LogP contribution in [0.5, 0.6) is 0 Å². The Hall–Kier alpha value is 0.350. The third-order valence-electron chi connectivity index (χ3n) is 2.50. The van der Waals surface area contributed by atoms with Crippen LogP contribution in [0.4, 0.5) is 0 Å². The second-order valence-corrected chi connectivity index (χ2v) is 4.29. The van der Waals surface area contributed by atoms with Gasteiger partial charge in [0, 0.05) is 0 Å². The fourth-order valence-corrected chi connectivity index (χ4v) is 1.79. The Bertz CT molecular complexity index is 84.3. The van der Waals surface area contributed by atoms with Gasteiger partial charge in [-0.1, -0.05) is 64.7 Å². The Balaban J connectivity index is 2.78.